The highest BCUT2D eigenvalue weighted by atomic mass is 16.2. The van der Waals surface area contributed by atoms with Crippen molar-refractivity contribution in [3.05, 3.63) is 64.7 Å². The molecule has 0 aliphatic carbocycles. The van der Waals surface area contributed by atoms with E-state index in [-0.39, 0.29) is 18.4 Å². The summed E-state index contributed by atoms with van der Waals surface area (Å²) in [6.07, 6.45) is 0. The Morgan fingerprint density at radius 3 is 2.57 bits per heavy atom. The predicted molar refractivity (Wildman–Crippen MR) is 88.0 cm³/mol. The first-order chi connectivity index (χ1) is 11.0. The summed E-state index contributed by atoms with van der Waals surface area (Å²) < 4.78 is 0. The molecule has 2 aromatic rings. The van der Waals surface area contributed by atoms with Gasteiger partial charge < -0.3 is 10.6 Å². The van der Waals surface area contributed by atoms with Gasteiger partial charge in [-0.3, -0.25) is 9.59 Å². The Hall–Kier alpha value is -3.13. The number of hydrogen-bond acceptors (Lipinski definition) is 3. The van der Waals surface area contributed by atoms with Crippen LogP contribution in [0, 0.1) is 25.2 Å². The highest BCUT2D eigenvalue weighted by molar-refractivity contribution is 5.99. The van der Waals surface area contributed by atoms with E-state index in [9.17, 15) is 9.59 Å². The van der Waals surface area contributed by atoms with Crippen LogP contribution in [0.2, 0.25) is 0 Å². The van der Waals surface area contributed by atoms with E-state index in [1.807, 2.05) is 26.0 Å². The van der Waals surface area contributed by atoms with Crippen LogP contribution in [0.5, 0.6) is 0 Å². The van der Waals surface area contributed by atoms with E-state index >= 15 is 0 Å². The fourth-order valence-corrected chi connectivity index (χ4v) is 2.02. The Kier molecular flexibility index (Phi) is 5.11. The molecule has 0 spiro atoms. The van der Waals surface area contributed by atoms with Crippen molar-refractivity contribution in [1.82, 2.24) is 5.32 Å². The van der Waals surface area contributed by atoms with Crippen molar-refractivity contribution in [2.24, 2.45) is 0 Å². The van der Waals surface area contributed by atoms with Crippen molar-refractivity contribution in [1.29, 1.82) is 5.26 Å². The molecule has 23 heavy (non-hydrogen) atoms. The van der Waals surface area contributed by atoms with Crippen LogP contribution >= 0.6 is 0 Å². The van der Waals surface area contributed by atoms with Crippen LogP contribution in [0.25, 0.3) is 0 Å². The van der Waals surface area contributed by atoms with Gasteiger partial charge in [0.1, 0.15) is 0 Å². The number of nitriles is 1. The number of nitrogens with one attached hydrogen (secondary N) is 2. The lowest BCUT2D eigenvalue weighted by molar-refractivity contribution is -0.115. The number of aryl methyl sites for hydroxylation is 2. The summed E-state index contributed by atoms with van der Waals surface area (Å²) in [4.78, 5) is 23.9. The van der Waals surface area contributed by atoms with Gasteiger partial charge in [-0.25, -0.2) is 0 Å². The molecule has 0 saturated carbocycles. The maximum atomic E-state index is 12.0. The van der Waals surface area contributed by atoms with Gasteiger partial charge in [0.05, 0.1) is 18.2 Å². The van der Waals surface area contributed by atoms with Crippen molar-refractivity contribution in [3.8, 4) is 6.07 Å². The highest BCUT2D eigenvalue weighted by Gasteiger charge is 2.09. The van der Waals surface area contributed by atoms with Gasteiger partial charge in [0.2, 0.25) is 5.91 Å². The van der Waals surface area contributed by atoms with E-state index in [0.717, 1.165) is 11.1 Å². The lowest BCUT2D eigenvalue weighted by atomic mass is 10.1. The van der Waals surface area contributed by atoms with Crippen molar-refractivity contribution >= 4 is 17.5 Å². The second-order valence-corrected chi connectivity index (χ2v) is 5.22. The average molecular weight is 307 g/mol. The molecule has 2 rings (SSSR count). The van der Waals surface area contributed by atoms with E-state index < -0.39 is 0 Å². The SMILES string of the molecule is Cc1ccc(C(=O)NCC(=O)Nc2cccc(C#N)c2)cc1C. The van der Waals surface area contributed by atoms with Gasteiger partial charge in [0, 0.05) is 11.3 Å². The van der Waals surface area contributed by atoms with E-state index in [1.54, 1.807) is 36.4 Å². The molecular weight excluding hydrogens is 290 g/mol. The van der Waals surface area contributed by atoms with Gasteiger partial charge in [-0.05, 0) is 55.3 Å². The third-order valence-electron chi connectivity index (χ3n) is 3.45. The van der Waals surface area contributed by atoms with Crippen molar-refractivity contribution in [3.63, 3.8) is 0 Å². The van der Waals surface area contributed by atoms with Crippen molar-refractivity contribution in [2.45, 2.75) is 13.8 Å². The Balaban J connectivity index is 1.92. The van der Waals surface area contributed by atoms with Crippen LogP contribution in [-0.4, -0.2) is 18.4 Å². The third kappa shape index (κ3) is 4.42. The number of hydrogen-bond donors (Lipinski definition) is 2. The van der Waals surface area contributed by atoms with Gasteiger partial charge in [-0.2, -0.15) is 5.26 Å². The number of benzene rings is 2. The number of carbonyl (C=O) groups is 2. The van der Waals surface area contributed by atoms with Gasteiger partial charge in [0.25, 0.3) is 5.91 Å². The maximum absolute atomic E-state index is 12.0. The summed E-state index contributed by atoms with van der Waals surface area (Å²) in [5, 5.41) is 14.0. The molecule has 5 heteroatoms. The zero-order valence-electron chi connectivity index (χ0n) is 13.0. The van der Waals surface area contributed by atoms with Crippen LogP contribution in [0.15, 0.2) is 42.5 Å². The molecule has 0 fully saturated rings. The molecule has 0 aromatic heterocycles. The van der Waals surface area contributed by atoms with Crippen molar-refractivity contribution < 1.29 is 9.59 Å². The van der Waals surface area contributed by atoms with E-state index in [4.69, 9.17) is 5.26 Å². The summed E-state index contributed by atoms with van der Waals surface area (Å²) in [6, 6.07) is 14.0. The fourth-order valence-electron chi connectivity index (χ4n) is 2.02. The van der Waals surface area contributed by atoms with Gasteiger partial charge >= 0.3 is 0 Å². The largest absolute Gasteiger partial charge is 0.343 e. The molecule has 0 saturated heterocycles. The molecule has 2 aromatic carbocycles. The minimum atomic E-state index is -0.350. The smallest absolute Gasteiger partial charge is 0.251 e. The van der Waals surface area contributed by atoms with Gasteiger partial charge in [-0.1, -0.05) is 12.1 Å². The maximum Gasteiger partial charge on any atom is 0.251 e. The van der Waals surface area contributed by atoms with Crippen molar-refractivity contribution in [2.75, 3.05) is 11.9 Å². The van der Waals surface area contributed by atoms with E-state index in [2.05, 4.69) is 10.6 Å². The Morgan fingerprint density at radius 1 is 1.09 bits per heavy atom. The normalized spacial score (nSPS) is 9.78. The lowest BCUT2D eigenvalue weighted by Crippen LogP contribution is -2.32. The molecule has 116 valence electrons. The molecule has 0 atom stereocenters. The summed E-state index contributed by atoms with van der Waals surface area (Å²) in [5.41, 5.74) is 3.64. The number of amides is 2. The van der Waals surface area contributed by atoms with E-state index in [0.29, 0.717) is 16.8 Å². The monoisotopic (exact) mass is 307 g/mol. The second kappa shape index (κ2) is 7.23. The Morgan fingerprint density at radius 2 is 1.87 bits per heavy atom. The second-order valence-electron chi connectivity index (χ2n) is 5.22. The minimum absolute atomic E-state index is 0.136. The van der Waals surface area contributed by atoms with Crippen LogP contribution in [0.1, 0.15) is 27.0 Å². The molecule has 0 aliphatic rings. The first-order valence-corrected chi connectivity index (χ1v) is 7.15. The van der Waals surface area contributed by atoms with Gasteiger partial charge in [-0.15, -0.1) is 0 Å². The highest BCUT2D eigenvalue weighted by Crippen LogP contribution is 2.10. The molecule has 2 N–H and O–H groups in total. The average Bonchev–Trinajstić information content (AvgIpc) is 2.55. The van der Waals surface area contributed by atoms with Gasteiger partial charge in [0.15, 0.2) is 0 Å². The molecule has 0 unspecified atom stereocenters. The number of carbonyl (C=O) groups excluding carboxylic acids is 2. The Bertz CT molecular complexity index is 791. The summed E-state index contributed by atoms with van der Waals surface area (Å²) >= 11 is 0. The fraction of sp³-hybridized carbons (Fsp3) is 0.167. The topological polar surface area (TPSA) is 82.0 Å². The standard InChI is InChI=1S/C18H17N3O2/c1-12-6-7-15(8-13(12)2)18(23)20-11-17(22)21-16-5-3-4-14(9-16)10-19/h3-9H,11H2,1-2H3,(H,20,23)(H,21,22). The number of anilines is 1. The molecular formula is C18H17N3O2. The zero-order valence-corrected chi connectivity index (χ0v) is 13.0. The summed E-state index contributed by atoms with van der Waals surface area (Å²) in [6.45, 7) is 3.77. The quantitative estimate of drug-likeness (QED) is 0.910. The number of rotatable bonds is 4. The predicted octanol–water partition coefficient (Wildman–Crippen LogP) is 2.54. The van der Waals surface area contributed by atoms with Crippen LogP contribution in [-0.2, 0) is 4.79 Å². The molecule has 0 aliphatic heterocycles. The van der Waals surface area contributed by atoms with Crippen LogP contribution in [0.4, 0.5) is 5.69 Å². The molecule has 2 amide bonds. The minimum Gasteiger partial charge on any atom is -0.343 e. The van der Waals surface area contributed by atoms with Crippen LogP contribution < -0.4 is 10.6 Å². The molecule has 0 radical (unpaired) electrons. The molecule has 5 nitrogen and oxygen atoms in total. The summed E-state index contributed by atoms with van der Waals surface area (Å²) in [7, 11) is 0. The Labute approximate surface area is 134 Å². The molecule has 0 heterocycles. The molecule has 0 bridgehead atoms. The third-order valence-corrected chi connectivity index (χ3v) is 3.45. The van der Waals surface area contributed by atoms with Crippen LogP contribution in [0.3, 0.4) is 0 Å². The first kappa shape index (κ1) is 16.2. The first-order valence-electron chi connectivity index (χ1n) is 7.15. The summed E-state index contributed by atoms with van der Waals surface area (Å²) in [5.74, 6) is -0.647. The zero-order chi connectivity index (χ0) is 16.8. The number of nitrogens with zero attached hydrogens (tertiary/aromatic N) is 1. The van der Waals surface area contributed by atoms with E-state index in [1.165, 1.54) is 0 Å². The lowest BCUT2D eigenvalue weighted by Gasteiger charge is -2.08.